The van der Waals surface area contributed by atoms with Gasteiger partial charge < -0.3 is 5.32 Å². The second-order valence-electron chi connectivity index (χ2n) is 10.5. The van der Waals surface area contributed by atoms with Crippen LogP contribution in [0.1, 0.15) is 43.2 Å². The molecule has 4 fully saturated rings. The minimum Gasteiger partial charge on any atom is -0.326 e. The van der Waals surface area contributed by atoms with Gasteiger partial charge in [0.2, 0.25) is 17.7 Å². The number of anilines is 1. The molecule has 1 N–H and O–H groups in total. The number of carbonyl (C=O) groups is 3. The lowest BCUT2D eigenvalue weighted by atomic mass is 9.63. The quantitative estimate of drug-likeness (QED) is 0.599. The number of likely N-dealkylation sites (tertiary alicyclic amines) is 1. The van der Waals surface area contributed by atoms with Crippen molar-refractivity contribution in [1.29, 1.82) is 0 Å². The average Bonchev–Trinajstić information content (AvgIpc) is 3.54. The van der Waals surface area contributed by atoms with E-state index in [9.17, 15) is 14.4 Å². The first-order valence-corrected chi connectivity index (χ1v) is 11.9. The predicted octanol–water partition coefficient (Wildman–Crippen LogP) is 3.85. The first-order valence-electron chi connectivity index (χ1n) is 11.9. The van der Waals surface area contributed by atoms with E-state index < -0.39 is 0 Å². The van der Waals surface area contributed by atoms with Gasteiger partial charge in [-0.1, -0.05) is 29.8 Å². The fourth-order valence-electron chi connectivity index (χ4n) is 7.12. The van der Waals surface area contributed by atoms with E-state index in [4.69, 9.17) is 0 Å². The number of nitrogens with one attached hydrogen (secondary N) is 1. The van der Waals surface area contributed by atoms with Crippen molar-refractivity contribution in [2.24, 2.45) is 41.4 Å². The minimum atomic E-state index is -0.114. The summed E-state index contributed by atoms with van der Waals surface area (Å²) in [5.74, 6) is 1.75. The molecular formula is C26H30N2O3. The van der Waals surface area contributed by atoms with Crippen LogP contribution in [0, 0.1) is 55.3 Å². The molecule has 3 saturated carbocycles. The lowest BCUT2D eigenvalue weighted by Gasteiger charge is -2.37. The van der Waals surface area contributed by atoms with E-state index in [-0.39, 0.29) is 53.4 Å². The van der Waals surface area contributed by atoms with Gasteiger partial charge in [-0.2, -0.15) is 0 Å². The second kappa shape index (κ2) is 6.78. The van der Waals surface area contributed by atoms with Crippen LogP contribution in [0.3, 0.4) is 0 Å². The van der Waals surface area contributed by atoms with Gasteiger partial charge in [-0.25, -0.2) is 0 Å². The number of aryl methyl sites for hydroxylation is 2. The van der Waals surface area contributed by atoms with E-state index >= 15 is 0 Å². The molecule has 3 amide bonds. The molecule has 6 unspecified atom stereocenters. The molecular weight excluding hydrogens is 388 g/mol. The molecule has 0 spiro atoms. The van der Waals surface area contributed by atoms with Gasteiger partial charge in [-0.3, -0.25) is 19.3 Å². The maximum absolute atomic E-state index is 13.3. The molecule has 1 aliphatic heterocycles. The Balaban J connectivity index is 1.11. The van der Waals surface area contributed by atoms with Crippen LogP contribution >= 0.6 is 0 Å². The fraction of sp³-hybridized carbons (Fsp3) is 0.577. The topological polar surface area (TPSA) is 66.5 Å². The highest BCUT2D eigenvalue weighted by Crippen LogP contribution is 2.65. The Hall–Kier alpha value is -2.43. The Labute approximate surface area is 183 Å². The summed E-state index contributed by atoms with van der Waals surface area (Å²) in [6, 6.07) is 6.01. The Morgan fingerprint density at radius 3 is 2.13 bits per heavy atom. The van der Waals surface area contributed by atoms with E-state index in [1.54, 1.807) is 4.90 Å². The van der Waals surface area contributed by atoms with Gasteiger partial charge >= 0.3 is 0 Å². The van der Waals surface area contributed by atoms with Gasteiger partial charge in [-0.15, -0.1) is 0 Å². The molecule has 0 radical (unpaired) electrons. The lowest BCUT2D eigenvalue weighted by molar-refractivity contribution is -0.144. The third kappa shape index (κ3) is 2.85. The minimum absolute atomic E-state index is 0.0357. The third-order valence-corrected chi connectivity index (χ3v) is 8.77. The molecule has 0 aromatic heterocycles. The zero-order valence-corrected chi connectivity index (χ0v) is 18.2. The second-order valence-corrected chi connectivity index (χ2v) is 10.5. The van der Waals surface area contributed by atoms with Crippen LogP contribution in [0.5, 0.6) is 0 Å². The van der Waals surface area contributed by atoms with Gasteiger partial charge in [0.25, 0.3) is 0 Å². The van der Waals surface area contributed by atoms with Crippen LogP contribution in [0.2, 0.25) is 0 Å². The number of carbonyl (C=O) groups excluding carboxylic acids is 3. The molecule has 2 bridgehead atoms. The summed E-state index contributed by atoms with van der Waals surface area (Å²) < 4.78 is 0. The number of amides is 3. The number of imide groups is 1. The summed E-state index contributed by atoms with van der Waals surface area (Å²) in [7, 11) is 0. The fourth-order valence-corrected chi connectivity index (χ4v) is 7.12. The molecule has 5 heteroatoms. The molecule has 6 atom stereocenters. The van der Waals surface area contributed by atoms with Gasteiger partial charge in [0, 0.05) is 17.6 Å². The van der Waals surface area contributed by atoms with E-state index in [2.05, 4.69) is 23.5 Å². The molecule has 1 saturated heterocycles. The average molecular weight is 419 g/mol. The zero-order valence-electron chi connectivity index (χ0n) is 18.2. The van der Waals surface area contributed by atoms with Crippen LogP contribution in [0.25, 0.3) is 0 Å². The molecule has 7 rings (SSSR count). The molecule has 1 heterocycles. The van der Waals surface area contributed by atoms with Crippen molar-refractivity contribution >= 4 is 23.4 Å². The Morgan fingerprint density at radius 1 is 0.935 bits per heavy atom. The maximum atomic E-state index is 13.3. The molecule has 31 heavy (non-hydrogen) atoms. The van der Waals surface area contributed by atoms with Crippen molar-refractivity contribution in [3.05, 3.63) is 41.5 Å². The Bertz CT molecular complexity index is 970. The lowest BCUT2D eigenvalue weighted by Crippen LogP contribution is -2.44. The van der Waals surface area contributed by atoms with Crippen LogP contribution in [-0.2, 0) is 14.4 Å². The molecule has 1 aromatic rings. The Morgan fingerprint density at radius 2 is 1.55 bits per heavy atom. The van der Waals surface area contributed by atoms with E-state index in [1.807, 2.05) is 26.0 Å². The van der Waals surface area contributed by atoms with Crippen molar-refractivity contribution in [2.75, 3.05) is 5.32 Å². The Kier molecular flexibility index (Phi) is 4.22. The van der Waals surface area contributed by atoms with Crippen LogP contribution < -0.4 is 5.32 Å². The van der Waals surface area contributed by atoms with Crippen molar-refractivity contribution < 1.29 is 14.4 Å². The number of allylic oxidation sites excluding steroid dienone is 2. The van der Waals surface area contributed by atoms with Crippen LogP contribution in [0.15, 0.2) is 30.4 Å². The summed E-state index contributed by atoms with van der Waals surface area (Å²) in [6.07, 6.45) is 8.56. The number of hydrogen-bond acceptors (Lipinski definition) is 3. The van der Waals surface area contributed by atoms with Gasteiger partial charge in [0.15, 0.2) is 0 Å². The monoisotopic (exact) mass is 418 g/mol. The predicted molar refractivity (Wildman–Crippen MR) is 117 cm³/mol. The van der Waals surface area contributed by atoms with E-state index in [0.717, 1.165) is 36.9 Å². The van der Waals surface area contributed by atoms with E-state index in [1.165, 1.54) is 12.0 Å². The number of hydrogen-bond donors (Lipinski definition) is 1. The van der Waals surface area contributed by atoms with Crippen molar-refractivity contribution in [3.63, 3.8) is 0 Å². The first kappa shape index (κ1) is 19.3. The molecule has 162 valence electrons. The van der Waals surface area contributed by atoms with Gasteiger partial charge in [-0.05, 0) is 81.3 Å². The molecule has 6 aliphatic rings. The highest BCUT2D eigenvalue weighted by Gasteiger charge is 2.67. The van der Waals surface area contributed by atoms with Crippen LogP contribution in [0.4, 0.5) is 5.69 Å². The summed E-state index contributed by atoms with van der Waals surface area (Å²) >= 11 is 0. The number of benzene rings is 1. The van der Waals surface area contributed by atoms with Crippen molar-refractivity contribution in [2.45, 2.75) is 52.0 Å². The highest BCUT2D eigenvalue weighted by molar-refractivity contribution is 6.06. The number of rotatable bonds is 3. The summed E-state index contributed by atoms with van der Waals surface area (Å²) in [5, 5.41) is 3.08. The van der Waals surface area contributed by atoms with Crippen molar-refractivity contribution in [1.82, 2.24) is 4.90 Å². The number of nitrogens with zero attached hydrogens (tertiary/aromatic N) is 1. The standard InChI is InChI=1S/C26H30N2O3/c1-13-3-10-21(14(2)11-13)27-24(29)15-4-6-16(7-5-15)28-25(30)22-17-8-9-18(20-12-19(17)20)23(22)26(28)31/h3,8-11,15-20,22-23H,4-7,12H2,1-2H3,(H,27,29). The van der Waals surface area contributed by atoms with Crippen LogP contribution in [-0.4, -0.2) is 28.7 Å². The summed E-state index contributed by atoms with van der Waals surface area (Å²) in [5.41, 5.74) is 3.12. The summed E-state index contributed by atoms with van der Waals surface area (Å²) in [4.78, 5) is 41.1. The summed E-state index contributed by atoms with van der Waals surface area (Å²) in [6.45, 7) is 4.05. The molecule has 5 nitrogen and oxygen atoms in total. The maximum Gasteiger partial charge on any atom is 0.233 e. The van der Waals surface area contributed by atoms with Crippen molar-refractivity contribution in [3.8, 4) is 0 Å². The third-order valence-electron chi connectivity index (χ3n) is 8.77. The molecule has 1 aromatic carbocycles. The largest absolute Gasteiger partial charge is 0.326 e. The van der Waals surface area contributed by atoms with Gasteiger partial charge in [0.05, 0.1) is 11.8 Å². The molecule has 5 aliphatic carbocycles. The zero-order chi connectivity index (χ0) is 21.4. The highest BCUT2D eigenvalue weighted by atomic mass is 16.2. The van der Waals surface area contributed by atoms with Gasteiger partial charge in [0.1, 0.15) is 0 Å². The first-order chi connectivity index (χ1) is 14.9. The smallest absolute Gasteiger partial charge is 0.233 e. The van der Waals surface area contributed by atoms with E-state index in [0.29, 0.717) is 11.8 Å². The SMILES string of the molecule is Cc1ccc(NC(=O)C2CCC(N3C(=O)C4C5C=CC(C6CC56)C4C3=O)CC2)c(C)c1. The normalized spacial score (nSPS) is 40.0.